The van der Waals surface area contributed by atoms with E-state index in [1.807, 2.05) is 0 Å². The van der Waals surface area contributed by atoms with Crippen LogP contribution in [0.25, 0.3) is 0 Å². The molecule has 0 aromatic heterocycles. The molecule has 0 fully saturated rings. The molecule has 0 bridgehead atoms. The van der Waals surface area contributed by atoms with E-state index in [1.165, 1.54) is 64.2 Å². The topological polar surface area (TPSA) is 26.0 Å². The Kier molecular flexibility index (Phi) is 11.4. The largest absolute Gasteiger partial charge is 0.328 e. The van der Waals surface area contributed by atoms with Crippen molar-refractivity contribution in [3.8, 4) is 0 Å². The van der Waals surface area contributed by atoms with E-state index in [0.717, 1.165) is 5.92 Å². The summed E-state index contributed by atoms with van der Waals surface area (Å²) in [4.78, 5) is 0. The number of unbranched alkanes of at least 4 members (excludes halogenated alkanes) is 4. The maximum atomic E-state index is 6.20. The van der Waals surface area contributed by atoms with Crippen molar-refractivity contribution in [2.24, 2.45) is 11.7 Å². The summed E-state index contributed by atoms with van der Waals surface area (Å²) < 4.78 is 0. The molecule has 1 nitrogen and oxygen atoms in total. The highest BCUT2D eigenvalue weighted by atomic mass is 14.6. The van der Waals surface area contributed by atoms with E-state index >= 15 is 0 Å². The lowest BCUT2D eigenvalue weighted by atomic mass is 9.90. The van der Waals surface area contributed by atoms with Gasteiger partial charge in [0, 0.05) is 6.04 Å². The lowest BCUT2D eigenvalue weighted by molar-refractivity contribution is 0.369. The van der Waals surface area contributed by atoms with Crippen LogP contribution < -0.4 is 5.73 Å². The zero-order chi connectivity index (χ0) is 12.2. The molecule has 0 aliphatic heterocycles. The van der Waals surface area contributed by atoms with E-state index in [0.29, 0.717) is 6.04 Å². The van der Waals surface area contributed by atoms with Gasteiger partial charge in [-0.25, -0.2) is 0 Å². The third-order valence-electron chi connectivity index (χ3n) is 3.61. The van der Waals surface area contributed by atoms with Gasteiger partial charge in [-0.2, -0.15) is 0 Å². The molecule has 0 aromatic carbocycles. The second-order valence-corrected chi connectivity index (χ2v) is 5.26. The van der Waals surface area contributed by atoms with Crippen LogP contribution >= 0.6 is 0 Å². The van der Waals surface area contributed by atoms with Gasteiger partial charge in [-0.1, -0.05) is 72.1 Å². The highest BCUT2D eigenvalue weighted by Gasteiger charge is 2.11. The Morgan fingerprint density at radius 3 is 2.06 bits per heavy atom. The van der Waals surface area contributed by atoms with E-state index in [2.05, 4.69) is 20.8 Å². The lowest BCUT2D eigenvalue weighted by Crippen LogP contribution is -2.23. The third kappa shape index (κ3) is 9.21. The third-order valence-corrected chi connectivity index (χ3v) is 3.61. The molecule has 2 N–H and O–H groups in total. The summed E-state index contributed by atoms with van der Waals surface area (Å²) in [6.45, 7) is 6.85. The minimum Gasteiger partial charge on any atom is -0.328 e. The Hall–Kier alpha value is -0.0400. The summed E-state index contributed by atoms with van der Waals surface area (Å²) in [5.41, 5.74) is 6.20. The smallest absolute Gasteiger partial charge is 0.00414 e. The van der Waals surface area contributed by atoms with Crippen LogP contribution in [0.1, 0.15) is 85.0 Å². The minimum absolute atomic E-state index is 0.457. The summed E-state index contributed by atoms with van der Waals surface area (Å²) in [6, 6.07) is 0.457. The second-order valence-electron chi connectivity index (χ2n) is 5.26. The molecule has 0 amide bonds. The second kappa shape index (κ2) is 11.4. The molecule has 0 spiro atoms. The van der Waals surface area contributed by atoms with Crippen molar-refractivity contribution in [1.29, 1.82) is 0 Å². The Morgan fingerprint density at radius 2 is 1.50 bits per heavy atom. The first-order valence-corrected chi connectivity index (χ1v) is 7.50. The molecule has 0 radical (unpaired) electrons. The first-order valence-electron chi connectivity index (χ1n) is 7.50. The molecule has 2 unspecified atom stereocenters. The summed E-state index contributed by atoms with van der Waals surface area (Å²) in [6.07, 6.45) is 13.3. The van der Waals surface area contributed by atoms with Gasteiger partial charge in [0.05, 0.1) is 0 Å². The predicted octanol–water partition coefficient (Wildman–Crippen LogP) is 4.89. The zero-order valence-corrected chi connectivity index (χ0v) is 11.8. The fourth-order valence-electron chi connectivity index (χ4n) is 2.36. The molecule has 0 saturated carbocycles. The van der Waals surface area contributed by atoms with Gasteiger partial charge in [0.15, 0.2) is 0 Å². The monoisotopic (exact) mass is 227 g/mol. The Morgan fingerprint density at radius 1 is 0.812 bits per heavy atom. The molecule has 0 heterocycles. The molecule has 0 saturated heterocycles. The number of hydrogen-bond donors (Lipinski definition) is 1. The number of nitrogens with two attached hydrogens (primary N) is 1. The Bertz CT molecular complexity index is 133. The number of rotatable bonds is 11. The molecule has 0 aromatic rings. The van der Waals surface area contributed by atoms with Gasteiger partial charge in [0.25, 0.3) is 0 Å². The first-order chi connectivity index (χ1) is 7.74. The average Bonchev–Trinajstić information content (AvgIpc) is 2.30. The van der Waals surface area contributed by atoms with E-state index in [-0.39, 0.29) is 0 Å². The van der Waals surface area contributed by atoms with Crippen LogP contribution in [-0.2, 0) is 0 Å². The molecular formula is C15H33N. The van der Waals surface area contributed by atoms with Crippen LogP contribution in [0.15, 0.2) is 0 Å². The zero-order valence-electron chi connectivity index (χ0n) is 11.8. The maximum Gasteiger partial charge on any atom is 0.00414 e. The van der Waals surface area contributed by atoms with Crippen LogP contribution in [0.2, 0.25) is 0 Å². The average molecular weight is 227 g/mol. The van der Waals surface area contributed by atoms with E-state index in [4.69, 9.17) is 5.73 Å². The van der Waals surface area contributed by atoms with Gasteiger partial charge < -0.3 is 5.73 Å². The fraction of sp³-hybridized carbons (Fsp3) is 1.00. The molecule has 0 rings (SSSR count). The van der Waals surface area contributed by atoms with Gasteiger partial charge >= 0.3 is 0 Å². The van der Waals surface area contributed by atoms with Crippen molar-refractivity contribution < 1.29 is 0 Å². The van der Waals surface area contributed by atoms with Crippen LogP contribution in [0.4, 0.5) is 0 Å². The molecule has 2 atom stereocenters. The maximum absolute atomic E-state index is 6.20. The molecule has 98 valence electrons. The van der Waals surface area contributed by atoms with Crippen molar-refractivity contribution in [3.63, 3.8) is 0 Å². The van der Waals surface area contributed by atoms with Gasteiger partial charge in [0.2, 0.25) is 0 Å². The van der Waals surface area contributed by atoms with E-state index in [9.17, 15) is 0 Å². The molecular weight excluding hydrogens is 194 g/mol. The molecule has 1 heteroatoms. The molecule has 16 heavy (non-hydrogen) atoms. The van der Waals surface area contributed by atoms with Crippen molar-refractivity contribution in [3.05, 3.63) is 0 Å². The van der Waals surface area contributed by atoms with Crippen LogP contribution in [-0.4, -0.2) is 6.04 Å². The van der Waals surface area contributed by atoms with Crippen LogP contribution in [0.5, 0.6) is 0 Å². The van der Waals surface area contributed by atoms with Crippen molar-refractivity contribution in [2.75, 3.05) is 0 Å². The van der Waals surface area contributed by atoms with E-state index in [1.54, 1.807) is 0 Å². The summed E-state index contributed by atoms with van der Waals surface area (Å²) in [5, 5.41) is 0. The van der Waals surface area contributed by atoms with Gasteiger partial charge in [-0.15, -0.1) is 0 Å². The highest BCUT2D eigenvalue weighted by Crippen LogP contribution is 2.20. The lowest BCUT2D eigenvalue weighted by Gasteiger charge is -2.19. The van der Waals surface area contributed by atoms with Crippen molar-refractivity contribution >= 4 is 0 Å². The normalized spacial score (nSPS) is 15.0. The predicted molar refractivity (Wildman–Crippen MR) is 74.7 cm³/mol. The Balaban J connectivity index is 3.53. The van der Waals surface area contributed by atoms with Crippen molar-refractivity contribution in [2.45, 2.75) is 91.0 Å². The van der Waals surface area contributed by atoms with Crippen molar-refractivity contribution in [1.82, 2.24) is 0 Å². The Labute approximate surface area is 103 Å². The van der Waals surface area contributed by atoms with E-state index < -0.39 is 0 Å². The fourth-order valence-corrected chi connectivity index (χ4v) is 2.36. The number of hydrogen-bond acceptors (Lipinski definition) is 1. The van der Waals surface area contributed by atoms with Crippen LogP contribution in [0, 0.1) is 5.92 Å². The van der Waals surface area contributed by atoms with Gasteiger partial charge in [-0.05, 0) is 18.8 Å². The van der Waals surface area contributed by atoms with Crippen LogP contribution in [0.3, 0.4) is 0 Å². The summed E-state index contributed by atoms with van der Waals surface area (Å²) in [7, 11) is 0. The quantitative estimate of drug-likeness (QED) is 0.500. The first kappa shape index (κ1) is 16.0. The SMILES string of the molecule is CCCCCCC(N)CC(CC)CCCC. The molecule has 0 aliphatic carbocycles. The highest BCUT2D eigenvalue weighted by molar-refractivity contribution is 4.68. The van der Waals surface area contributed by atoms with Gasteiger partial charge in [-0.3, -0.25) is 0 Å². The summed E-state index contributed by atoms with van der Waals surface area (Å²) in [5.74, 6) is 0.876. The van der Waals surface area contributed by atoms with Gasteiger partial charge in [0.1, 0.15) is 0 Å². The molecule has 0 aliphatic rings. The standard InChI is InChI=1S/C15H33N/c1-4-7-9-10-12-15(16)13-14(6-3)11-8-5-2/h14-15H,4-13,16H2,1-3H3. The minimum atomic E-state index is 0.457. The summed E-state index contributed by atoms with van der Waals surface area (Å²) >= 11 is 0.